The minimum Gasteiger partial charge on any atom is -0.334 e. The first kappa shape index (κ1) is 12.9. The summed E-state index contributed by atoms with van der Waals surface area (Å²) in [5, 5.41) is 8.68. The average Bonchev–Trinajstić information content (AvgIpc) is 2.53. The molecule has 4 nitrogen and oxygen atoms in total. The van der Waals surface area contributed by atoms with Gasteiger partial charge in [0, 0.05) is 32.7 Å². The van der Waals surface area contributed by atoms with Crippen LogP contribution in [-0.2, 0) is 6.54 Å². The van der Waals surface area contributed by atoms with Crippen LogP contribution in [-0.4, -0.2) is 37.1 Å². The highest BCUT2D eigenvalue weighted by atomic mass is 16.2. The molecule has 3 rings (SSSR count). The number of amides is 2. The summed E-state index contributed by atoms with van der Waals surface area (Å²) in [4.78, 5) is 14.0. The van der Waals surface area contributed by atoms with Crippen LogP contribution in [0.1, 0.15) is 5.56 Å². The summed E-state index contributed by atoms with van der Waals surface area (Å²) < 4.78 is 0. The number of hydrogen-bond acceptors (Lipinski definition) is 2. The van der Waals surface area contributed by atoms with Crippen molar-refractivity contribution >= 4 is 16.8 Å². The summed E-state index contributed by atoms with van der Waals surface area (Å²) in [6, 6.07) is 14.5. The summed E-state index contributed by atoms with van der Waals surface area (Å²) in [7, 11) is 0. The third-order valence-electron chi connectivity index (χ3n) is 3.71. The Kier molecular flexibility index (Phi) is 3.83. The van der Waals surface area contributed by atoms with Gasteiger partial charge in [0.05, 0.1) is 0 Å². The fourth-order valence-electron chi connectivity index (χ4n) is 2.60. The van der Waals surface area contributed by atoms with E-state index >= 15 is 0 Å². The average molecular weight is 269 g/mol. The molecule has 2 amide bonds. The van der Waals surface area contributed by atoms with E-state index in [1.165, 1.54) is 10.8 Å². The first-order valence-corrected chi connectivity index (χ1v) is 7.05. The molecule has 4 heteroatoms. The van der Waals surface area contributed by atoms with E-state index in [1.54, 1.807) is 0 Å². The van der Waals surface area contributed by atoms with Gasteiger partial charge in [-0.3, -0.25) is 0 Å². The number of rotatable bonds is 2. The molecule has 0 bridgehead atoms. The first-order chi connectivity index (χ1) is 9.84. The second kappa shape index (κ2) is 5.92. The van der Waals surface area contributed by atoms with E-state index < -0.39 is 0 Å². The van der Waals surface area contributed by atoms with Crippen LogP contribution >= 0.6 is 0 Å². The van der Waals surface area contributed by atoms with Crippen molar-refractivity contribution in [3.8, 4) is 0 Å². The number of hydrogen-bond donors (Lipinski definition) is 2. The topological polar surface area (TPSA) is 44.4 Å². The number of piperazine rings is 1. The Morgan fingerprint density at radius 1 is 1.10 bits per heavy atom. The van der Waals surface area contributed by atoms with Crippen molar-refractivity contribution in [2.45, 2.75) is 6.54 Å². The smallest absolute Gasteiger partial charge is 0.317 e. The third-order valence-corrected chi connectivity index (χ3v) is 3.71. The number of urea groups is 1. The van der Waals surface area contributed by atoms with Crippen molar-refractivity contribution < 1.29 is 4.79 Å². The molecule has 0 aliphatic carbocycles. The Bertz CT molecular complexity index is 600. The largest absolute Gasteiger partial charge is 0.334 e. The SMILES string of the molecule is O=C(NCc1cccc2ccccc12)N1CCNCC1. The van der Waals surface area contributed by atoms with E-state index in [0.717, 1.165) is 31.7 Å². The standard InChI is InChI=1S/C16H19N3O/c20-16(19-10-8-17-9-11-19)18-12-14-6-3-5-13-4-1-2-7-15(13)14/h1-7,17H,8-12H2,(H,18,20). The highest BCUT2D eigenvalue weighted by molar-refractivity contribution is 5.86. The fraction of sp³-hybridized carbons (Fsp3) is 0.312. The van der Waals surface area contributed by atoms with Gasteiger partial charge in [-0.2, -0.15) is 0 Å². The number of nitrogens with zero attached hydrogens (tertiary/aromatic N) is 1. The summed E-state index contributed by atoms with van der Waals surface area (Å²) in [6.07, 6.45) is 0. The highest BCUT2D eigenvalue weighted by Crippen LogP contribution is 2.18. The zero-order chi connectivity index (χ0) is 13.8. The van der Waals surface area contributed by atoms with E-state index in [1.807, 2.05) is 23.1 Å². The fourth-order valence-corrected chi connectivity index (χ4v) is 2.60. The van der Waals surface area contributed by atoms with Crippen LogP contribution in [0.2, 0.25) is 0 Å². The Hall–Kier alpha value is -2.07. The number of nitrogens with one attached hydrogen (secondary N) is 2. The lowest BCUT2D eigenvalue weighted by molar-refractivity contribution is 0.190. The monoisotopic (exact) mass is 269 g/mol. The van der Waals surface area contributed by atoms with E-state index in [-0.39, 0.29) is 6.03 Å². The summed E-state index contributed by atoms with van der Waals surface area (Å²) in [6.45, 7) is 3.89. The van der Waals surface area contributed by atoms with Crippen LogP contribution in [0.3, 0.4) is 0 Å². The Labute approximate surface area is 118 Å². The van der Waals surface area contributed by atoms with Crippen molar-refractivity contribution in [3.63, 3.8) is 0 Å². The molecule has 0 spiro atoms. The minimum absolute atomic E-state index is 0.0273. The third kappa shape index (κ3) is 2.75. The summed E-state index contributed by atoms with van der Waals surface area (Å²) in [5.74, 6) is 0. The molecule has 104 valence electrons. The van der Waals surface area contributed by atoms with Crippen molar-refractivity contribution in [2.75, 3.05) is 26.2 Å². The van der Waals surface area contributed by atoms with Crippen molar-refractivity contribution in [1.29, 1.82) is 0 Å². The van der Waals surface area contributed by atoms with Crippen LogP contribution in [0.5, 0.6) is 0 Å². The van der Waals surface area contributed by atoms with E-state index in [9.17, 15) is 4.79 Å². The predicted octanol–water partition coefficient (Wildman–Crippen LogP) is 1.95. The zero-order valence-electron chi connectivity index (χ0n) is 11.4. The molecule has 0 saturated carbocycles. The molecular weight excluding hydrogens is 250 g/mol. The molecule has 1 fully saturated rings. The lowest BCUT2D eigenvalue weighted by atomic mass is 10.0. The molecule has 2 N–H and O–H groups in total. The Balaban J connectivity index is 1.69. The van der Waals surface area contributed by atoms with Crippen molar-refractivity contribution in [1.82, 2.24) is 15.5 Å². The van der Waals surface area contributed by atoms with Gasteiger partial charge in [0.25, 0.3) is 0 Å². The first-order valence-electron chi connectivity index (χ1n) is 7.05. The molecule has 1 saturated heterocycles. The molecule has 2 aromatic carbocycles. The number of fused-ring (bicyclic) bond motifs is 1. The van der Waals surface area contributed by atoms with Crippen molar-refractivity contribution in [3.05, 3.63) is 48.0 Å². The Morgan fingerprint density at radius 3 is 2.70 bits per heavy atom. The number of carbonyl (C=O) groups excluding carboxylic acids is 1. The molecule has 1 aliphatic heterocycles. The van der Waals surface area contributed by atoms with Gasteiger partial charge < -0.3 is 15.5 Å². The molecule has 0 atom stereocenters. The van der Waals surface area contributed by atoms with Gasteiger partial charge in [-0.15, -0.1) is 0 Å². The molecule has 1 aliphatic rings. The highest BCUT2D eigenvalue weighted by Gasteiger charge is 2.15. The lowest BCUT2D eigenvalue weighted by Gasteiger charge is -2.27. The quantitative estimate of drug-likeness (QED) is 0.875. The van der Waals surface area contributed by atoms with Gasteiger partial charge >= 0.3 is 6.03 Å². The summed E-state index contributed by atoms with van der Waals surface area (Å²) >= 11 is 0. The van der Waals surface area contributed by atoms with Gasteiger partial charge in [-0.25, -0.2) is 4.79 Å². The molecule has 0 unspecified atom stereocenters. The predicted molar refractivity (Wildman–Crippen MR) is 80.6 cm³/mol. The van der Waals surface area contributed by atoms with Crippen molar-refractivity contribution in [2.24, 2.45) is 0 Å². The Morgan fingerprint density at radius 2 is 1.85 bits per heavy atom. The normalized spacial score (nSPS) is 15.3. The zero-order valence-corrected chi connectivity index (χ0v) is 11.4. The molecule has 0 aromatic heterocycles. The van der Waals surface area contributed by atoms with E-state index in [4.69, 9.17) is 0 Å². The van der Waals surface area contributed by atoms with Crippen LogP contribution in [0.15, 0.2) is 42.5 Å². The molecule has 0 radical (unpaired) electrons. The second-order valence-corrected chi connectivity index (χ2v) is 5.03. The number of benzene rings is 2. The maximum Gasteiger partial charge on any atom is 0.317 e. The van der Waals surface area contributed by atoms with Crippen LogP contribution in [0, 0.1) is 0 Å². The summed E-state index contributed by atoms with van der Waals surface area (Å²) in [5.41, 5.74) is 1.16. The van der Waals surface area contributed by atoms with Gasteiger partial charge in [-0.05, 0) is 16.3 Å². The van der Waals surface area contributed by atoms with Crippen LogP contribution in [0.25, 0.3) is 10.8 Å². The maximum absolute atomic E-state index is 12.1. The molecule has 2 aromatic rings. The molecule has 1 heterocycles. The maximum atomic E-state index is 12.1. The lowest BCUT2D eigenvalue weighted by Crippen LogP contribution is -2.50. The van der Waals surface area contributed by atoms with Gasteiger partial charge in [0.1, 0.15) is 0 Å². The number of carbonyl (C=O) groups is 1. The van der Waals surface area contributed by atoms with E-state index in [0.29, 0.717) is 6.54 Å². The van der Waals surface area contributed by atoms with Gasteiger partial charge in [0.2, 0.25) is 0 Å². The van der Waals surface area contributed by atoms with E-state index in [2.05, 4.69) is 34.9 Å². The molecular formula is C16H19N3O. The van der Waals surface area contributed by atoms with Crippen LogP contribution in [0.4, 0.5) is 4.79 Å². The second-order valence-electron chi connectivity index (χ2n) is 5.03. The van der Waals surface area contributed by atoms with Gasteiger partial charge in [-0.1, -0.05) is 42.5 Å². The van der Waals surface area contributed by atoms with Crippen LogP contribution < -0.4 is 10.6 Å². The molecule has 20 heavy (non-hydrogen) atoms. The van der Waals surface area contributed by atoms with Gasteiger partial charge in [0.15, 0.2) is 0 Å². The minimum atomic E-state index is 0.0273.